The smallest absolute Gasteiger partial charge is 0.231 e. The number of amides is 1. The fourth-order valence-corrected chi connectivity index (χ4v) is 2.10. The van der Waals surface area contributed by atoms with E-state index in [1.807, 2.05) is 51.1 Å². The summed E-state index contributed by atoms with van der Waals surface area (Å²) < 4.78 is 0. The Labute approximate surface area is 119 Å². The van der Waals surface area contributed by atoms with Gasteiger partial charge in [0.15, 0.2) is 5.84 Å². The van der Waals surface area contributed by atoms with Crippen LogP contribution in [-0.4, -0.2) is 23.5 Å². The van der Waals surface area contributed by atoms with Gasteiger partial charge in [0, 0.05) is 6.54 Å². The van der Waals surface area contributed by atoms with Gasteiger partial charge in [0.05, 0.1) is 0 Å². The number of rotatable bonds is 6. The molecule has 4 N–H and O–H groups in total. The quantitative estimate of drug-likeness (QED) is 0.321. The van der Waals surface area contributed by atoms with Gasteiger partial charge < -0.3 is 16.3 Å². The van der Waals surface area contributed by atoms with Gasteiger partial charge in [-0.15, -0.1) is 0 Å². The molecular formula is C15H23N3O2. The third kappa shape index (κ3) is 4.26. The molecule has 0 fully saturated rings. The maximum Gasteiger partial charge on any atom is 0.231 e. The van der Waals surface area contributed by atoms with Gasteiger partial charge in [-0.05, 0) is 17.4 Å². The Balaban J connectivity index is 2.62. The number of nitrogens with one attached hydrogen (secondary N) is 1. The Hall–Kier alpha value is -2.04. The van der Waals surface area contributed by atoms with Crippen molar-refractivity contribution < 1.29 is 10.0 Å². The molecule has 5 heteroatoms. The molecule has 1 aromatic rings. The van der Waals surface area contributed by atoms with Crippen LogP contribution in [0.5, 0.6) is 0 Å². The van der Waals surface area contributed by atoms with Crippen molar-refractivity contribution >= 4 is 11.7 Å². The van der Waals surface area contributed by atoms with Gasteiger partial charge in [-0.25, -0.2) is 0 Å². The summed E-state index contributed by atoms with van der Waals surface area (Å²) in [4.78, 5) is 12.1. The zero-order valence-electron chi connectivity index (χ0n) is 12.2. The molecule has 20 heavy (non-hydrogen) atoms. The van der Waals surface area contributed by atoms with Crippen molar-refractivity contribution in [3.63, 3.8) is 0 Å². The first-order valence-corrected chi connectivity index (χ1v) is 6.77. The standard InChI is InChI=1S/C15H23N3O2/c1-10(2)13(14(16)18-20)15(19)17-9-11(3)12-7-5-4-6-8-12/h4-8,10-11,13,20H,9H2,1-3H3,(H2,16,18)(H,17,19). The molecule has 2 atom stereocenters. The second-order valence-corrected chi connectivity index (χ2v) is 5.30. The molecule has 0 heterocycles. The summed E-state index contributed by atoms with van der Waals surface area (Å²) in [7, 11) is 0. The molecule has 0 radical (unpaired) electrons. The van der Waals surface area contributed by atoms with E-state index in [1.54, 1.807) is 0 Å². The van der Waals surface area contributed by atoms with E-state index in [4.69, 9.17) is 10.9 Å². The van der Waals surface area contributed by atoms with Crippen molar-refractivity contribution in [2.24, 2.45) is 22.7 Å². The fourth-order valence-electron chi connectivity index (χ4n) is 2.10. The summed E-state index contributed by atoms with van der Waals surface area (Å²) in [6.45, 7) is 6.29. The van der Waals surface area contributed by atoms with Crippen LogP contribution in [0.2, 0.25) is 0 Å². The lowest BCUT2D eigenvalue weighted by Crippen LogP contribution is -2.42. The molecule has 2 unspecified atom stereocenters. The minimum Gasteiger partial charge on any atom is -0.409 e. The van der Waals surface area contributed by atoms with Gasteiger partial charge in [0.25, 0.3) is 0 Å². The summed E-state index contributed by atoms with van der Waals surface area (Å²) >= 11 is 0. The van der Waals surface area contributed by atoms with Crippen molar-refractivity contribution in [1.82, 2.24) is 5.32 Å². The second-order valence-electron chi connectivity index (χ2n) is 5.30. The monoisotopic (exact) mass is 277 g/mol. The molecule has 0 aromatic heterocycles. The first kappa shape index (κ1) is 16.0. The molecule has 0 saturated carbocycles. The van der Waals surface area contributed by atoms with Gasteiger partial charge in [0.2, 0.25) is 5.91 Å². The number of amidine groups is 1. The number of carbonyl (C=O) groups is 1. The number of nitrogens with two attached hydrogens (primary N) is 1. The second kappa shape index (κ2) is 7.53. The summed E-state index contributed by atoms with van der Waals surface area (Å²) in [5, 5.41) is 14.6. The molecule has 1 amide bonds. The van der Waals surface area contributed by atoms with Crippen LogP contribution in [0.3, 0.4) is 0 Å². The highest BCUT2D eigenvalue weighted by molar-refractivity contribution is 6.02. The number of oxime groups is 1. The Bertz CT molecular complexity index is 457. The average molecular weight is 277 g/mol. The van der Waals surface area contributed by atoms with E-state index in [2.05, 4.69) is 10.5 Å². The van der Waals surface area contributed by atoms with Gasteiger partial charge >= 0.3 is 0 Å². The van der Waals surface area contributed by atoms with E-state index in [1.165, 1.54) is 0 Å². The molecule has 0 aliphatic rings. The maximum atomic E-state index is 12.1. The predicted molar refractivity (Wildman–Crippen MR) is 79.6 cm³/mol. The number of hydrogen-bond donors (Lipinski definition) is 3. The Kier molecular flexibility index (Phi) is 6.03. The SMILES string of the molecule is CC(CNC(=O)C(/C(N)=N/O)C(C)C)c1ccccc1. The van der Waals surface area contributed by atoms with Crippen LogP contribution < -0.4 is 11.1 Å². The van der Waals surface area contributed by atoms with Crippen LogP contribution in [0, 0.1) is 11.8 Å². The molecule has 1 rings (SSSR count). The van der Waals surface area contributed by atoms with Gasteiger partial charge in [0.1, 0.15) is 5.92 Å². The lowest BCUT2D eigenvalue weighted by atomic mass is 9.93. The molecule has 0 spiro atoms. The van der Waals surface area contributed by atoms with Crippen LogP contribution >= 0.6 is 0 Å². The van der Waals surface area contributed by atoms with E-state index in [0.717, 1.165) is 5.56 Å². The lowest BCUT2D eigenvalue weighted by molar-refractivity contribution is -0.124. The fraction of sp³-hybridized carbons (Fsp3) is 0.467. The average Bonchev–Trinajstić information content (AvgIpc) is 2.45. The molecule has 1 aromatic carbocycles. The molecule has 0 saturated heterocycles. The van der Waals surface area contributed by atoms with Crippen molar-refractivity contribution in [2.75, 3.05) is 6.54 Å². The lowest BCUT2D eigenvalue weighted by Gasteiger charge is -2.20. The van der Waals surface area contributed by atoms with Gasteiger partial charge in [-0.3, -0.25) is 4.79 Å². The van der Waals surface area contributed by atoms with Crippen molar-refractivity contribution in [2.45, 2.75) is 26.7 Å². The van der Waals surface area contributed by atoms with E-state index in [-0.39, 0.29) is 23.6 Å². The summed E-state index contributed by atoms with van der Waals surface area (Å²) in [5.74, 6) is -0.691. The molecule has 110 valence electrons. The highest BCUT2D eigenvalue weighted by Gasteiger charge is 2.26. The molecule has 0 bridgehead atoms. The number of carbonyl (C=O) groups excluding carboxylic acids is 1. The minimum atomic E-state index is -0.608. The van der Waals surface area contributed by atoms with Gasteiger partial charge in [-0.2, -0.15) is 0 Å². The molecule has 0 aliphatic carbocycles. The van der Waals surface area contributed by atoms with Crippen molar-refractivity contribution in [3.8, 4) is 0 Å². The highest BCUT2D eigenvalue weighted by atomic mass is 16.4. The van der Waals surface area contributed by atoms with E-state index in [0.29, 0.717) is 6.54 Å². The van der Waals surface area contributed by atoms with E-state index < -0.39 is 5.92 Å². The first-order chi connectivity index (χ1) is 9.47. The highest BCUT2D eigenvalue weighted by Crippen LogP contribution is 2.15. The molecule has 5 nitrogen and oxygen atoms in total. The van der Waals surface area contributed by atoms with Crippen molar-refractivity contribution in [3.05, 3.63) is 35.9 Å². The third-order valence-electron chi connectivity index (χ3n) is 3.33. The van der Waals surface area contributed by atoms with Gasteiger partial charge in [-0.1, -0.05) is 56.3 Å². The number of benzene rings is 1. The third-order valence-corrected chi connectivity index (χ3v) is 3.33. The zero-order chi connectivity index (χ0) is 15.1. The van der Waals surface area contributed by atoms with Crippen LogP contribution in [-0.2, 0) is 4.79 Å². The van der Waals surface area contributed by atoms with Crippen LogP contribution in [0.25, 0.3) is 0 Å². The minimum absolute atomic E-state index is 0.0297. The maximum absolute atomic E-state index is 12.1. The Morgan fingerprint density at radius 3 is 2.40 bits per heavy atom. The van der Waals surface area contributed by atoms with Crippen LogP contribution in [0.15, 0.2) is 35.5 Å². The predicted octanol–water partition coefficient (Wildman–Crippen LogP) is 1.92. The van der Waals surface area contributed by atoms with E-state index in [9.17, 15) is 4.79 Å². The van der Waals surface area contributed by atoms with Crippen LogP contribution in [0.1, 0.15) is 32.3 Å². The summed E-state index contributed by atoms with van der Waals surface area (Å²) in [6, 6.07) is 9.96. The van der Waals surface area contributed by atoms with Crippen molar-refractivity contribution in [1.29, 1.82) is 0 Å². The largest absolute Gasteiger partial charge is 0.409 e. The van der Waals surface area contributed by atoms with E-state index >= 15 is 0 Å². The van der Waals surface area contributed by atoms with Crippen LogP contribution in [0.4, 0.5) is 0 Å². The normalized spacial score (nSPS) is 14.9. The summed E-state index contributed by atoms with van der Waals surface area (Å²) in [6.07, 6.45) is 0. The topological polar surface area (TPSA) is 87.7 Å². The Morgan fingerprint density at radius 2 is 1.90 bits per heavy atom. The number of nitrogens with zero attached hydrogens (tertiary/aromatic N) is 1. The molecule has 0 aliphatic heterocycles. The summed E-state index contributed by atoms with van der Waals surface area (Å²) in [5.41, 5.74) is 6.74. The zero-order valence-corrected chi connectivity index (χ0v) is 12.2. The first-order valence-electron chi connectivity index (χ1n) is 6.77. The molecular weight excluding hydrogens is 254 g/mol. The number of hydrogen-bond acceptors (Lipinski definition) is 3. The Morgan fingerprint density at radius 1 is 1.30 bits per heavy atom.